The van der Waals surface area contributed by atoms with E-state index in [-0.39, 0.29) is 10.5 Å². The highest BCUT2D eigenvalue weighted by molar-refractivity contribution is 7.92. The second-order valence-corrected chi connectivity index (χ2v) is 9.38. The Hall–Kier alpha value is -2.83. The summed E-state index contributed by atoms with van der Waals surface area (Å²) < 4.78 is 28.7. The van der Waals surface area contributed by atoms with Crippen LogP contribution in [0.2, 0.25) is 5.02 Å². The highest BCUT2D eigenvalue weighted by Crippen LogP contribution is 2.25. The molecule has 156 valence electrons. The average molecular weight is 443 g/mol. The van der Waals surface area contributed by atoms with Crippen LogP contribution in [-0.2, 0) is 10.0 Å². The first-order valence-electron chi connectivity index (χ1n) is 9.35. The molecule has 3 rings (SSSR count). The first-order valence-corrected chi connectivity index (χ1v) is 11.2. The highest BCUT2D eigenvalue weighted by atomic mass is 35.5. The summed E-state index contributed by atoms with van der Waals surface area (Å²) in [7, 11) is -3.87. The fourth-order valence-corrected chi connectivity index (χ4v) is 4.62. The summed E-state index contributed by atoms with van der Waals surface area (Å²) in [6, 6.07) is 15.3. The number of benzene rings is 3. The van der Waals surface area contributed by atoms with Gasteiger partial charge in [-0.2, -0.15) is 0 Å². The van der Waals surface area contributed by atoms with Gasteiger partial charge in [0, 0.05) is 16.3 Å². The largest absolute Gasteiger partial charge is 0.322 e. The number of rotatable bonds is 5. The van der Waals surface area contributed by atoms with Crippen molar-refractivity contribution in [2.45, 2.75) is 32.6 Å². The van der Waals surface area contributed by atoms with Gasteiger partial charge in [0.05, 0.1) is 10.6 Å². The smallest absolute Gasteiger partial charge is 0.262 e. The molecule has 5 nitrogen and oxygen atoms in total. The van der Waals surface area contributed by atoms with Crippen LogP contribution < -0.4 is 10.0 Å². The van der Waals surface area contributed by atoms with Gasteiger partial charge >= 0.3 is 0 Å². The molecule has 30 heavy (non-hydrogen) atoms. The minimum absolute atomic E-state index is 0.0528. The maximum atomic E-state index is 13.0. The molecular weight excluding hydrogens is 420 g/mol. The highest BCUT2D eigenvalue weighted by Gasteiger charge is 2.20. The predicted octanol–water partition coefficient (Wildman–Crippen LogP) is 5.63. The number of nitrogens with one attached hydrogen (secondary N) is 2. The molecule has 1 amide bonds. The van der Waals surface area contributed by atoms with Crippen molar-refractivity contribution in [1.29, 1.82) is 0 Å². The van der Waals surface area contributed by atoms with E-state index in [1.54, 1.807) is 43.3 Å². The van der Waals surface area contributed by atoms with Gasteiger partial charge < -0.3 is 5.32 Å². The molecule has 0 spiro atoms. The summed E-state index contributed by atoms with van der Waals surface area (Å²) in [6.45, 7) is 7.35. The minimum Gasteiger partial charge on any atom is -0.322 e. The second-order valence-electron chi connectivity index (χ2n) is 7.32. The number of amides is 1. The minimum atomic E-state index is -3.87. The molecule has 0 atom stereocenters. The third kappa shape index (κ3) is 4.83. The third-order valence-electron chi connectivity index (χ3n) is 4.80. The molecule has 7 heteroatoms. The summed E-state index contributed by atoms with van der Waals surface area (Å²) in [6.07, 6.45) is 0. The first kappa shape index (κ1) is 21.9. The van der Waals surface area contributed by atoms with Crippen molar-refractivity contribution >= 4 is 38.9 Å². The van der Waals surface area contributed by atoms with Crippen molar-refractivity contribution < 1.29 is 13.2 Å². The summed E-state index contributed by atoms with van der Waals surface area (Å²) in [4.78, 5) is 12.7. The number of carbonyl (C=O) groups excluding carboxylic acids is 1. The zero-order chi connectivity index (χ0) is 22.1. The fourth-order valence-electron chi connectivity index (χ4n) is 3.03. The summed E-state index contributed by atoms with van der Waals surface area (Å²) in [5, 5.41) is 3.29. The van der Waals surface area contributed by atoms with Gasteiger partial charge in [-0.3, -0.25) is 9.52 Å². The fraction of sp³-hybridized carbons (Fsp3) is 0.174. The Labute approximate surface area is 182 Å². The lowest BCUT2D eigenvalue weighted by molar-refractivity contribution is 0.102. The van der Waals surface area contributed by atoms with Crippen molar-refractivity contribution in [2.24, 2.45) is 0 Å². The molecule has 3 aromatic rings. The van der Waals surface area contributed by atoms with E-state index in [0.29, 0.717) is 22.0 Å². The lowest BCUT2D eigenvalue weighted by Crippen LogP contribution is -2.17. The average Bonchev–Trinajstić information content (AvgIpc) is 2.67. The van der Waals surface area contributed by atoms with E-state index in [1.165, 1.54) is 6.07 Å². The van der Waals surface area contributed by atoms with Crippen LogP contribution in [0, 0.1) is 27.7 Å². The van der Waals surface area contributed by atoms with Crippen LogP contribution >= 0.6 is 11.6 Å². The molecule has 0 aliphatic carbocycles. The third-order valence-corrected chi connectivity index (χ3v) is 6.71. The Morgan fingerprint density at radius 3 is 2.20 bits per heavy atom. The van der Waals surface area contributed by atoms with Crippen molar-refractivity contribution in [2.75, 3.05) is 10.0 Å². The van der Waals surface area contributed by atoms with E-state index in [1.807, 2.05) is 32.9 Å². The van der Waals surface area contributed by atoms with E-state index in [4.69, 9.17) is 11.6 Å². The van der Waals surface area contributed by atoms with E-state index >= 15 is 0 Å². The summed E-state index contributed by atoms with van der Waals surface area (Å²) in [5.74, 6) is -0.419. The molecule has 0 heterocycles. The molecule has 0 saturated heterocycles. The van der Waals surface area contributed by atoms with Crippen LogP contribution in [0.5, 0.6) is 0 Å². The van der Waals surface area contributed by atoms with Gasteiger partial charge in [0.15, 0.2) is 0 Å². The molecule has 3 aromatic carbocycles. The lowest BCUT2D eigenvalue weighted by atomic mass is 10.1. The van der Waals surface area contributed by atoms with Crippen LogP contribution in [0.15, 0.2) is 59.5 Å². The molecule has 0 aliphatic heterocycles. The Balaban J connectivity index is 1.89. The summed E-state index contributed by atoms with van der Waals surface area (Å²) in [5.41, 5.74) is 4.58. The number of aryl methyl sites for hydroxylation is 4. The van der Waals surface area contributed by atoms with Crippen molar-refractivity contribution in [3.63, 3.8) is 0 Å². The molecule has 2 N–H and O–H groups in total. The standard InChI is InChI=1S/C23H23ClN2O3S/c1-14-5-10-21(17(4)11-14)26-30(28,29)22-12-18(8-6-16(22)3)23(27)25-19-9-7-15(2)20(24)13-19/h5-13,26H,1-4H3,(H,25,27). The van der Waals surface area contributed by atoms with Gasteiger partial charge in [-0.15, -0.1) is 0 Å². The van der Waals surface area contributed by atoms with Gasteiger partial charge in [-0.25, -0.2) is 8.42 Å². The Morgan fingerprint density at radius 2 is 1.53 bits per heavy atom. The number of carbonyl (C=O) groups is 1. The maximum Gasteiger partial charge on any atom is 0.262 e. The molecule has 0 aliphatic rings. The molecule has 0 fully saturated rings. The molecule has 0 unspecified atom stereocenters. The van der Waals surface area contributed by atoms with Crippen LogP contribution in [0.1, 0.15) is 32.6 Å². The number of hydrogen-bond acceptors (Lipinski definition) is 3. The zero-order valence-corrected chi connectivity index (χ0v) is 18.8. The van der Waals surface area contributed by atoms with Crippen molar-refractivity contribution in [3.05, 3.63) is 87.4 Å². The van der Waals surface area contributed by atoms with E-state index < -0.39 is 15.9 Å². The maximum absolute atomic E-state index is 13.0. The Kier molecular flexibility index (Phi) is 6.19. The predicted molar refractivity (Wildman–Crippen MR) is 122 cm³/mol. The Morgan fingerprint density at radius 1 is 0.833 bits per heavy atom. The van der Waals surface area contributed by atoms with Gasteiger partial charge in [0.1, 0.15) is 0 Å². The first-order chi connectivity index (χ1) is 14.1. The van der Waals surface area contributed by atoms with Gasteiger partial charge in [-0.05, 0) is 74.7 Å². The van der Waals surface area contributed by atoms with Gasteiger partial charge in [0.2, 0.25) is 0 Å². The van der Waals surface area contributed by atoms with Crippen molar-refractivity contribution in [1.82, 2.24) is 0 Å². The summed E-state index contributed by atoms with van der Waals surface area (Å²) >= 11 is 6.11. The molecule has 0 aromatic heterocycles. The number of halogens is 1. The second kappa shape index (κ2) is 8.50. The van der Waals surface area contributed by atoms with E-state index in [0.717, 1.165) is 16.7 Å². The normalized spacial score (nSPS) is 11.2. The van der Waals surface area contributed by atoms with Crippen LogP contribution in [0.3, 0.4) is 0 Å². The lowest BCUT2D eigenvalue weighted by Gasteiger charge is -2.14. The van der Waals surface area contributed by atoms with Crippen LogP contribution in [-0.4, -0.2) is 14.3 Å². The van der Waals surface area contributed by atoms with Crippen LogP contribution in [0.25, 0.3) is 0 Å². The number of hydrogen-bond donors (Lipinski definition) is 2. The quantitative estimate of drug-likeness (QED) is 0.537. The SMILES string of the molecule is Cc1ccc(NS(=O)(=O)c2cc(C(=O)Nc3ccc(C)c(Cl)c3)ccc2C)c(C)c1. The number of anilines is 2. The number of sulfonamides is 1. The zero-order valence-electron chi connectivity index (χ0n) is 17.2. The molecular formula is C23H23ClN2O3S. The Bertz CT molecular complexity index is 1240. The molecule has 0 bridgehead atoms. The topological polar surface area (TPSA) is 75.3 Å². The molecule has 0 saturated carbocycles. The van der Waals surface area contributed by atoms with Crippen molar-refractivity contribution in [3.8, 4) is 0 Å². The van der Waals surface area contributed by atoms with Gasteiger partial charge in [0.25, 0.3) is 15.9 Å². The van der Waals surface area contributed by atoms with E-state index in [9.17, 15) is 13.2 Å². The monoisotopic (exact) mass is 442 g/mol. The van der Waals surface area contributed by atoms with E-state index in [2.05, 4.69) is 10.0 Å². The van der Waals surface area contributed by atoms with Crippen LogP contribution in [0.4, 0.5) is 11.4 Å². The molecule has 0 radical (unpaired) electrons. The van der Waals surface area contributed by atoms with Gasteiger partial charge in [-0.1, -0.05) is 41.4 Å².